The maximum atomic E-state index is 14.4. The summed E-state index contributed by atoms with van der Waals surface area (Å²) in [7, 11) is 1.76. The summed E-state index contributed by atoms with van der Waals surface area (Å²) in [6, 6.07) is 9.09. The van der Waals surface area contributed by atoms with E-state index >= 15 is 0 Å². The molecule has 162 valence electrons. The van der Waals surface area contributed by atoms with Gasteiger partial charge in [0, 0.05) is 42.9 Å². The molecular weight excluding hydrogens is 400 g/mol. The van der Waals surface area contributed by atoms with Gasteiger partial charge in [-0.05, 0) is 41.3 Å². The van der Waals surface area contributed by atoms with Crippen molar-refractivity contribution < 1.29 is 18.3 Å². The lowest BCUT2D eigenvalue weighted by atomic mass is 9.89. The first-order chi connectivity index (χ1) is 14.9. The summed E-state index contributed by atoms with van der Waals surface area (Å²) in [4.78, 5) is 14.0. The molecule has 0 saturated heterocycles. The van der Waals surface area contributed by atoms with E-state index in [0.717, 1.165) is 11.1 Å². The van der Waals surface area contributed by atoms with Gasteiger partial charge in [0.15, 0.2) is 0 Å². The number of carbonyl (C=O) groups is 1. The van der Waals surface area contributed by atoms with Crippen LogP contribution in [0.25, 0.3) is 22.3 Å². The number of amides is 1. The minimum atomic E-state index is -2.65. The molecule has 0 unspecified atom stereocenters. The average Bonchev–Trinajstić information content (AvgIpc) is 3.07. The number of benzene rings is 2. The van der Waals surface area contributed by atoms with Crippen LogP contribution in [0.4, 0.5) is 8.78 Å². The molecule has 0 atom stereocenters. The molecule has 1 amide bonds. The van der Waals surface area contributed by atoms with E-state index in [1.807, 2.05) is 38.1 Å². The van der Waals surface area contributed by atoms with E-state index in [2.05, 4.69) is 5.10 Å². The van der Waals surface area contributed by atoms with Gasteiger partial charge in [0.05, 0.1) is 12.7 Å². The average molecular weight is 425 g/mol. The number of alkyl halides is 2. The van der Waals surface area contributed by atoms with Gasteiger partial charge < -0.3 is 9.64 Å². The van der Waals surface area contributed by atoms with Crippen molar-refractivity contribution in [2.45, 2.75) is 33.2 Å². The van der Waals surface area contributed by atoms with Crippen molar-refractivity contribution in [3.05, 3.63) is 59.4 Å². The maximum absolute atomic E-state index is 14.4. The van der Waals surface area contributed by atoms with E-state index in [1.165, 1.54) is 0 Å². The molecule has 0 bridgehead atoms. The fourth-order valence-corrected chi connectivity index (χ4v) is 4.14. The maximum Gasteiger partial charge on any atom is 0.265 e. The number of aryl methyl sites for hydroxylation is 2. The number of hydrogen-bond acceptors (Lipinski definition) is 3. The van der Waals surface area contributed by atoms with Gasteiger partial charge in [0.2, 0.25) is 5.91 Å². The molecule has 1 aliphatic rings. The number of rotatable bonds is 4. The molecule has 1 aromatic heterocycles. The quantitative estimate of drug-likeness (QED) is 0.582. The summed E-state index contributed by atoms with van der Waals surface area (Å²) >= 11 is 0. The highest BCUT2D eigenvalue weighted by Gasteiger charge is 2.24. The van der Waals surface area contributed by atoms with Crippen molar-refractivity contribution in [2.75, 3.05) is 13.2 Å². The zero-order valence-corrected chi connectivity index (χ0v) is 17.9. The Morgan fingerprint density at radius 2 is 2.03 bits per heavy atom. The van der Waals surface area contributed by atoms with Crippen molar-refractivity contribution in [3.63, 3.8) is 0 Å². The molecule has 0 spiro atoms. The number of nitrogens with zero attached hydrogens (tertiary/aromatic N) is 3. The predicted molar refractivity (Wildman–Crippen MR) is 115 cm³/mol. The van der Waals surface area contributed by atoms with Crippen LogP contribution in [0.3, 0.4) is 0 Å². The van der Waals surface area contributed by atoms with Crippen molar-refractivity contribution >= 4 is 5.91 Å². The van der Waals surface area contributed by atoms with E-state index < -0.39 is 6.43 Å². The summed E-state index contributed by atoms with van der Waals surface area (Å²) in [5.74, 6) is 0.736. The molecule has 0 fully saturated rings. The van der Waals surface area contributed by atoms with Gasteiger partial charge in [-0.1, -0.05) is 25.1 Å². The summed E-state index contributed by atoms with van der Waals surface area (Å²) in [5, 5.41) is 4.14. The van der Waals surface area contributed by atoms with Crippen LogP contribution in [0.1, 0.15) is 36.5 Å². The molecule has 1 aliphatic heterocycles. The van der Waals surface area contributed by atoms with Crippen LogP contribution in [0.5, 0.6) is 5.75 Å². The van der Waals surface area contributed by atoms with Crippen LogP contribution in [0, 0.1) is 6.92 Å². The molecule has 0 aliphatic carbocycles. The van der Waals surface area contributed by atoms with Crippen molar-refractivity contribution in [1.29, 1.82) is 0 Å². The number of carbonyl (C=O) groups excluding carboxylic acids is 1. The summed E-state index contributed by atoms with van der Waals surface area (Å²) < 4.78 is 36.1. The van der Waals surface area contributed by atoms with Crippen LogP contribution in [0.15, 0.2) is 42.7 Å². The SMILES string of the molecule is CCC(=O)N1CCOc2ccc(-c3c(C)ccc(-c4cnn(C)c4)c3C(F)F)cc2C1. The number of halogens is 2. The Hall–Kier alpha value is -3.22. The second-order valence-electron chi connectivity index (χ2n) is 7.76. The van der Waals surface area contributed by atoms with Crippen LogP contribution in [0.2, 0.25) is 0 Å². The molecule has 2 aromatic carbocycles. The number of aromatic nitrogens is 2. The molecule has 7 heteroatoms. The van der Waals surface area contributed by atoms with Crippen molar-refractivity contribution in [3.8, 4) is 28.0 Å². The second-order valence-corrected chi connectivity index (χ2v) is 7.76. The lowest BCUT2D eigenvalue weighted by Gasteiger charge is -2.20. The smallest absolute Gasteiger partial charge is 0.265 e. The first-order valence-corrected chi connectivity index (χ1v) is 10.3. The van der Waals surface area contributed by atoms with Gasteiger partial charge >= 0.3 is 0 Å². The Kier molecular flexibility index (Phi) is 5.76. The molecule has 5 nitrogen and oxygen atoms in total. The molecule has 0 saturated carbocycles. The highest BCUT2D eigenvalue weighted by Crippen LogP contribution is 2.42. The van der Waals surface area contributed by atoms with Gasteiger partial charge in [-0.15, -0.1) is 0 Å². The number of hydrogen-bond donors (Lipinski definition) is 0. The fraction of sp³-hybridized carbons (Fsp3) is 0.333. The Morgan fingerprint density at radius 3 is 2.71 bits per heavy atom. The third-order valence-electron chi connectivity index (χ3n) is 5.67. The van der Waals surface area contributed by atoms with E-state index in [9.17, 15) is 13.6 Å². The van der Waals surface area contributed by atoms with Gasteiger partial charge in [-0.25, -0.2) is 8.78 Å². The van der Waals surface area contributed by atoms with Crippen molar-refractivity contribution in [1.82, 2.24) is 14.7 Å². The lowest BCUT2D eigenvalue weighted by molar-refractivity contribution is -0.131. The highest BCUT2D eigenvalue weighted by molar-refractivity contribution is 5.82. The minimum Gasteiger partial charge on any atom is -0.491 e. The number of fused-ring (bicyclic) bond motifs is 1. The van der Waals surface area contributed by atoms with E-state index in [-0.39, 0.29) is 11.5 Å². The van der Waals surface area contributed by atoms with Crippen LogP contribution in [-0.2, 0) is 18.4 Å². The molecular formula is C24H25F2N3O2. The van der Waals surface area contributed by atoms with Crippen LogP contribution >= 0.6 is 0 Å². The molecule has 2 heterocycles. The Balaban J connectivity index is 1.85. The number of ether oxygens (including phenoxy) is 1. The van der Waals surface area contributed by atoms with Gasteiger partial charge in [0.25, 0.3) is 6.43 Å². The van der Waals surface area contributed by atoms with E-state index in [4.69, 9.17) is 4.74 Å². The van der Waals surface area contributed by atoms with Gasteiger partial charge in [-0.2, -0.15) is 5.10 Å². The zero-order valence-electron chi connectivity index (χ0n) is 17.9. The van der Waals surface area contributed by atoms with Crippen LogP contribution in [-0.4, -0.2) is 33.7 Å². The first-order valence-electron chi connectivity index (χ1n) is 10.3. The third kappa shape index (κ3) is 4.04. The van der Waals surface area contributed by atoms with Crippen molar-refractivity contribution in [2.24, 2.45) is 7.05 Å². The minimum absolute atomic E-state index is 0.0102. The molecule has 0 radical (unpaired) electrons. The molecule has 31 heavy (non-hydrogen) atoms. The largest absolute Gasteiger partial charge is 0.491 e. The fourth-order valence-electron chi connectivity index (χ4n) is 4.14. The zero-order chi connectivity index (χ0) is 22.1. The molecule has 0 N–H and O–H groups in total. The van der Waals surface area contributed by atoms with E-state index in [1.54, 1.807) is 35.1 Å². The third-order valence-corrected chi connectivity index (χ3v) is 5.67. The topological polar surface area (TPSA) is 47.4 Å². The summed E-state index contributed by atoms with van der Waals surface area (Å²) in [6.45, 7) is 4.99. The summed E-state index contributed by atoms with van der Waals surface area (Å²) in [6.07, 6.45) is 1.09. The lowest BCUT2D eigenvalue weighted by Crippen LogP contribution is -2.31. The first kappa shape index (κ1) is 21.0. The molecule has 4 rings (SSSR count). The second kappa shape index (κ2) is 8.49. The van der Waals surface area contributed by atoms with Crippen LogP contribution < -0.4 is 4.74 Å². The van der Waals surface area contributed by atoms with E-state index in [0.29, 0.717) is 54.1 Å². The van der Waals surface area contributed by atoms with Gasteiger partial charge in [0.1, 0.15) is 12.4 Å². The normalized spacial score (nSPS) is 13.7. The predicted octanol–water partition coefficient (Wildman–Crippen LogP) is 5.13. The Labute approximate surface area is 180 Å². The monoisotopic (exact) mass is 425 g/mol. The highest BCUT2D eigenvalue weighted by atomic mass is 19.3. The summed E-state index contributed by atoms with van der Waals surface area (Å²) in [5.41, 5.74) is 3.89. The Morgan fingerprint density at radius 1 is 1.23 bits per heavy atom. The van der Waals surface area contributed by atoms with Gasteiger partial charge in [-0.3, -0.25) is 9.48 Å². The standard InChI is InChI=1S/C24H25F2N3O2/c1-4-21(30)29-9-10-31-20-8-6-16(11-17(20)14-29)22-15(2)5-7-19(23(22)24(25)26)18-12-27-28(3)13-18/h5-8,11-13,24H,4,9-10,14H2,1-3H3. The Bertz CT molecular complexity index is 1120. The molecule has 3 aromatic rings.